The van der Waals surface area contributed by atoms with Crippen LogP contribution in [0.15, 0.2) is 18.2 Å². The first-order valence-corrected chi connectivity index (χ1v) is 8.60. The summed E-state index contributed by atoms with van der Waals surface area (Å²) in [6, 6.07) is 6.03. The smallest absolute Gasteiger partial charge is 0.0845 e. The second-order valence-corrected chi connectivity index (χ2v) is 6.88. The molecule has 4 heteroatoms. The normalized spacial score (nSPS) is 18.0. The van der Waals surface area contributed by atoms with Gasteiger partial charge in [0.15, 0.2) is 0 Å². The van der Waals surface area contributed by atoms with Crippen LogP contribution in [-0.2, 0) is 6.54 Å². The summed E-state index contributed by atoms with van der Waals surface area (Å²) in [6.07, 6.45) is 3.47. The van der Waals surface area contributed by atoms with Crippen molar-refractivity contribution in [1.29, 1.82) is 0 Å². The molecule has 1 N–H and O–H groups in total. The van der Waals surface area contributed by atoms with Crippen LogP contribution < -0.4 is 0 Å². The third-order valence-corrected chi connectivity index (χ3v) is 5.22. The highest BCUT2D eigenvalue weighted by Crippen LogP contribution is 2.30. The van der Waals surface area contributed by atoms with Crippen LogP contribution in [0.5, 0.6) is 0 Å². The molecule has 22 heavy (non-hydrogen) atoms. The molecule has 0 saturated carbocycles. The third-order valence-electron chi connectivity index (χ3n) is 4.92. The summed E-state index contributed by atoms with van der Waals surface area (Å²) in [4.78, 5) is 2.38. The van der Waals surface area contributed by atoms with Crippen molar-refractivity contribution in [2.45, 2.75) is 45.8 Å². The molecule has 2 heterocycles. The van der Waals surface area contributed by atoms with Crippen LogP contribution in [0, 0.1) is 13.8 Å². The second-order valence-electron chi connectivity index (χ2n) is 6.47. The van der Waals surface area contributed by atoms with E-state index in [2.05, 4.69) is 29.4 Å². The van der Waals surface area contributed by atoms with Gasteiger partial charge < -0.3 is 14.6 Å². The Labute approximate surface area is 137 Å². The van der Waals surface area contributed by atoms with Gasteiger partial charge in [0.05, 0.1) is 23.2 Å². The first-order chi connectivity index (χ1) is 10.6. The predicted octanol–water partition coefficient (Wildman–Crippen LogP) is 3.76. The number of likely N-dealkylation sites (tertiary alicyclic amines) is 1. The van der Waals surface area contributed by atoms with E-state index in [0.29, 0.717) is 6.54 Å². The third kappa shape index (κ3) is 3.03. The van der Waals surface area contributed by atoms with Crippen molar-refractivity contribution in [1.82, 2.24) is 9.47 Å². The molecule has 0 unspecified atom stereocenters. The number of piperidine rings is 1. The van der Waals surface area contributed by atoms with Crippen LogP contribution >= 0.6 is 11.6 Å². The molecule has 1 saturated heterocycles. The Kier molecular flexibility index (Phi) is 4.76. The van der Waals surface area contributed by atoms with E-state index in [1.54, 1.807) is 0 Å². The van der Waals surface area contributed by atoms with Gasteiger partial charge in [-0.05, 0) is 51.4 Å². The summed E-state index contributed by atoms with van der Waals surface area (Å²) in [7, 11) is 0. The van der Waals surface area contributed by atoms with Crippen LogP contribution in [0.2, 0.25) is 5.02 Å². The fraction of sp³-hybridized carbons (Fsp3) is 0.556. The monoisotopic (exact) mass is 320 g/mol. The van der Waals surface area contributed by atoms with Gasteiger partial charge in [0.25, 0.3) is 0 Å². The van der Waals surface area contributed by atoms with E-state index >= 15 is 0 Å². The number of nitrogens with zero attached hydrogens (tertiary/aromatic N) is 2. The minimum atomic E-state index is -0.358. The molecular weight excluding hydrogens is 296 g/mol. The second kappa shape index (κ2) is 6.61. The van der Waals surface area contributed by atoms with E-state index < -0.39 is 0 Å². The maximum Gasteiger partial charge on any atom is 0.0845 e. The number of β-amino-alcohol motifs (C(OH)–C–C–N with tert-alkyl or cyclic N) is 1. The minimum absolute atomic E-state index is 0.358. The average molecular weight is 321 g/mol. The largest absolute Gasteiger partial charge is 0.390 e. The van der Waals surface area contributed by atoms with Gasteiger partial charge in [0.1, 0.15) is 0 Å². The predicted molar refractivity (Wildman–Crippen MR) is 92.7 cm³/mol. The molecule has 0 amide bonds. The lowest BCUT2D eigenvalue weighted by atomic mass is 10.1. The highest BCUT2D eigenvalue weighted by atomic mass is 35.5. The summed E-state index contributed by atoms with van der Waals surface area (Å²) in [5.74, 6) is 0. The Morgan fingerprint density at radius 3 is 2.59 bits per heavy atom. The number of benzene rings is 1. The number of fused-ring (bicyclic) bond motifs is 1. The van der Waals surface area contributed by atoms with Gasteiger partial charge in [-0.25, -0.2) is 0 Å². The molecule has 0 radical (unpaired) electrons. The average Bonchev–Trinajstić information content (AvgIpc) is 2.75. The lowest BCUT2D eigenvalue weighted by Crippen LogP contribution is -2.38. The number of halogens is 1. The number of para-hydroxylation sites is 1. The van der Waals surface area contributed by atoms with Crippen molar-refractivity contribution < 1.29 is 5.11 Å². The summed E-state index contributed by atoms with van der Waals surface area (Å²) < 4.78 is 2.18. The number of rotatable bonds is 4. The van der Waals surface area contributed by atoms with Gasteiger partial charge in [-0.3, -0.25) is 0 Å². The lowest BCUT2D eigenvalue weighted by Gasteiger charge is -2.29. The fourth-order valence-corrected chi connectivity index (χ4v) is 3.87. The van der Waals surface area contributed by atoms with Gasteiger partial charge in [0, 0.05) is 17.6 Å². The molecule has 1 atom stereocenters. The maximum atomic E-state index is 10.5. The van der Waals surface area contributed by atoms with E-state index in [4.69, 9.17) is 11.6 Å². The van der Waals surface area contributed by atoms with Crippen molar-refractivity contribution in [3.63, 3.8) is 0 Å². The molecule has 120 valence electrons. The molecule has 0 aliphatic carbocycles. The van der Waals surface area contributed by atoms with E-state index in [0.717, 1.165) is 30.2 Å². The number of hydrogen-bond donors (Lipinski definition) is 1. The van der Waals surface area contributed by atoms with Gasteiger partial charge in [-0.15, -0.1) is 0 Å². The highest BCUT2D eigenvalue weighted by molar-refractivity contribution is 6.35. The molecule has 0 spiro atoms. The zero-order valence-corrected chi connectivity index (χ0v) is 14.2. The fourth-order valence-electron chi connectivity index (χ4n) is 3.59. The van der Waals surface area contributed by atoms with Crippen molar-refractivity contribution in [3.8, 4) is 0 Å². The summed E-state index contributed by atoms with van der Waals surface area (Å²) >= 11 is 6.41. The Balaban J connectivity index is 1.82. The first-order valence-electron chi connectivity index (χ1n) is 8.22. The van der Waals surface area contributed by atoms with Gasteiger partial charge in [0.2, 0.25) is 0 Å². The summed E-state index contributed by atoms with van der Waals surface area (Å²) in [6.45, 7) is 7.82. The number of aliphatic hydroxyl groups is 1. The molecule has 2 aromatic rings. The number of aliphatic hydroxyl groups excluding tert-OH is 1. The maximum absolute atomic E-state index is 10.5. The number of aryl methyl sites for hydroxylation is 1. The molecule has 3 rings (SSSR count). The first kappa shape index (κ1) is 15.9. The van der Waals surface area contributed by atoms with Crippen molar-refractivity contribution in [2.75, 3.05) is 19.6 Å². The van der Waals surface area contributed by atoms with Crippen LogP contribution in [-0.4, -0.2) is 40.3 Å². The van der Waals surface area contributed by atoms with Crippen LogP contribution in [0.4, 0.5) is 0 Å². The molecule has 1 aliphatic rings. The molecule has 1 aromatic carbocycles. The summed E-state index contributed by atoms with van der Waals surface area (Å²) in [5.41, 5.74) is 3.50. The highest BCUT2D eigenvalue weighted by Gasteiger charge is 2.19. The van der Waals surface area contributed by atoms with Crippen LogP contribution in [0.1, 0.15) is 30.5 Å². The molecular formula is C18H25ClN2O. The molecule has 0 bridgehead atoms. The Hall–Kier alpha value is -1.03. The van der Waals surface area contributed by atoms with Gasteiger partial charge >= 0.3 is 0 Å². The Morgan fingerprint density at radius 1 is 1.14 bits per heavy atom. The van der Waals surface area contributed by atoms with Gasteiger partial charge in [-0.2, -0.15) is 0 Å². The van der Waals surface area contributed by atoms with Crippen molar-refractivity contribution >= 4 is 22.5 Å². The summed E-state index contributed by atoms with van der Waals surface area (Å²) in [5, 5.41) is 12.5. The minimum Gasteiger partial charge on any atom is -0.390 e. The number of aromatic nitrogens is 1. The SMILES string of the molecule is Cc1c(C)n(C[C@H](O)CN2CCCCC2)c2c(Cl)cccc12. The molecule has 3 nitrogen and oxygen atoms in total. The van der Waals surface area contributed by atoms with E-state index in [9.17, 15) is 5.11 Å². The topological polar surface area (TPSA) is 28.4 Å². The zero-order valence-electron chi connectivity index (χ0n) is 13.5. The quantitative estimate of drug-likeness (QED) is 0.929. The lowest BCUT2D eigenvalue weighted by molar-refractivity contribution is 0.0888. The van der Waals surface area contributed by atoms with Gasteiger partial charge in [-0.1, -0.05) is 30.2 Å². The zero-order chi connectivity index (χ0) is 15.7. The van der Waals surface area contributed by atoms with Crippen molar-refractivity contribution in [3.05, 3.63) is 34.5 Å². The van der Waals surface area contributed by atoms with E-state index in [1.807, 2.05) is 12.1 Å². The van der Waals surface area contributed by atoms with E-state index in [-0.39, 0.29) is 6.10 Å². The molecule has 1 fully saturated rings. The Bertz CT molecular complexity index is 659. The standard InChI is InChI=1S/C18H25ClN2O/c1-13-14(2)21(18-16(13)7-6-8-17(18)19)12-15(22)11-20-9-4-3-5-10-20/h6-8,15,22H,3-5,9-12H2,1-2H3/t15-/m1/s1. The van der Waals surface area contributed by atoms with E-state index in [1.165, 1.54) is 35.9 Å². The molecule has 1 aromatic heterocycles. The van der Waals surface area contributed by atoms with Crippen molar-refractivity contribution in [2.24, 2.45) is 0 Å². The van der Waals surface area contributed by atoms with Crippen LogP contribution in [0.25, 0.3) is 10.9 Å². The molecule has 1 aliphatic heterocycles. The Morgan fingerprint density at radius 2 is 1.86 bits per heavy atom. The van der Waals surface area contributed by atoms with Crippen LogP contribution in [0.3, 0.4) is 0 Å². The number of hydrogen-bond acceptors (Lipinski definition) is 2.